The van der Waals surface area contributed by atoms with Crippen molar-refractivity contribution in [3.63, 3.8) is 0 Å². The van der Waals surface area contributed by atoms with Gasteiger partial charge in [-0.05, 0) is 37.8 Å². The zero-order chi connectivity index (χ0) is 18.6. The maximum atomic E-state index is 10.5. The summed E-state index contributed by atoms with van der Waals surface area (Å²) < 4.78 is 11.8. The van der Waals surface area contributed by atoms with E-state index in [0.29, 0.717) is 31.9 Å². The third-order valence-corrected chi connectivity index (χ3v) is 4.81. The summed E-state index contributed by atoms with van der Waals surface area (Å²) in [7, 11) is 0. The molecule has 0 bridgehead atoms. The Balaban J connectivity index is 1.57. The molecule has 0 radical (unpaired) electrons. The maximum Gasteiger partial charge on any atom is 0.303 e. The van der Waals surface area contributed by atoms with Crippen LogP contribution in [0.3, 0.4) is 0 Å². The molecule has 1 aliphatic rings. The number of aromatic nitrogens is 2. The zero-order valence-electron chi connectivity index (χ0n) is 15.2. The van der Waals surface area contributed by atoms with Crippen LogP contribution in [0.1, 0.15) is 37.9 Å². The summed E-state index contributed by atoms with van der Waals surface area (Å²) in [6.07, 6.45) is 3.80. The zero-order valence-corrected chi connectivity index (χ0v) is 15.2. The number of nitrogens with zero attached hydrogens (tertiary/aromatic N) is 3. The van der Waals surface area contributed by atoms with Gasteiger partial charge < -0.3 is 19.2 Å². The molecule has 1 aromatic carbocycles. The molecule has 142 valence electrons. The molecule has 3 aromatic rings. The van der Waals surface area contributed by atoms with E-state index in [1.54, 1.807) is 0 Å². The SMILES string of the molecule is O=C(O)CCCCOCc1nc(N2CCCC2)c2oc3ccccc3c2n1. The van der Waals surface area contributed by atoms with E-state index in [0.717, 1.165) is 53.8 Å². The normalized spacial score (nSPS) is 14.4. The predicted octanol–water partition coefficient (Wildman–Crippen LogP) is 3.75. The minimum absolute atomic E-state index is 0.173. The van der Waals surface area contributed by atoms with Crippen LogP contribution >= 0.6 is 0 Å². The number of carboxylic acid groups (broad SMARTS) is 1. The van der Waals surface area contributed by atoms with E-state index in [1.807, 2.05) is 24.3 Å². The number of aliphatic carboxylic acids is 1. The number of hydrogen-bond acceptors (Lipinski definition) is 6. The molecule has 0 unspecified atom stereocenters. The number of fused-ring (bicyclic) bond motifs is 3. The lowest BCUT2D eigenvalue weighted by atomic mass is 10.2. The molecule has 0 spiro atoms. The van der Waals surface area contributed by atoms with Gasteiger partial charge in [0.1, 0.15) is 17.7 Å². The van der Waals surface area contributed by atoms with Crippen LogP contribution in [0.2, 0.25) is 0 Å². The molecule has 1 N–H and O–H groups in total. The van der Waals surface area contributed by atoms with Gasteiger partial charge in [0, 0.05) is 31.5 Å². The van der Waals surface area contributed by atoms with Crippen LogP contribution in [0.25, 0.3) is 22.1 Å². The maximum absolute atomic E-state index is 10.5. The number of ether oxygens (including phenoxy) is 1. The van der Waals surface area contributed by atoms with Crippen molar-refractivity contribution in [3.8, 4) is 0 Å². The first-order chi connectivity index (χ1) is 13.2. The number of carboxylic acids is 1. The minimum Gasteiger partial charge on any atom is -0.481 e. The van der Waals surface area contributed by atoms with E-state index in [9.17, 15) is 4.79 Å². The molecular weight excluding hydrogens is 346 g/mol. The quantitative estimate of drug-likeness (QED) is 0.605. The molecule has 1 saturated heterocycles. The molecule has 0 aliphatic carbocycles. The van der Waals surface area contributed by atoms with Crippen LogP contribution < -0.4 is 4.90 Å². The van der Waals surface area contributed by atoms with Crippen molar-refractivity contribution in [1.82, 2.24) is 9.97 Å². The Kier molecular flexibility index (Phi) is 5.20. The summed E-state index contributed by atoms with van der Waals surface area (Å²) in [5.74, 6) is 0.707. The van der Waals surface area contributed by atoms with Crippen LogP contribution in [0.15, 0.2) is 28.7 Å². The van der Waals surface area contributed by atoms with Gasteiger partial charge in [-0.2, -0.15) is 0 Å². The molecule has 3 heterocycles. The van der Waals surface area contributed by atoms with Crippen molar-refractivity contribution in [2.75, 3.05) is 24.6 Å². The summed E-state index contributed by atoms with van der Waals surface area (Å²) in [6, 6.07) is 7.89. The number of furan rings is 1. The average molecular weight is 369 g/mol. The second-order valence-electron chi connectivity index (χ2n) is 6.84. The number of carbonyl (C=O) groups is 1. The van der Waals surface area contributed by atoms with Crippen molar-refractivity contribution < 1.29 is 19.1 Å². The van der Waals surface area contributed by atoms with Crippen LogP contribution in [0.4, 0.5) is 5.82 Å². The fourth-order valence-corrected chi connectivity index (χ4v) is 3.47. The van der Waals surface area contributed by atoms with Crippen molar-refractivity contribution in [2.45, 2.75) is 38.7 Å². The third-order valence-electron chi connectivity index (χ3n) is 4.81. The Labute approximate surface area is 157 Å². The Morgan fingerprint density at radius 3 is 2.81 bits per heavy atom. The molecule has 0 saturated carbocycles. The Morgan fingerprint density at radius 1 is 1.19 bits per heavy atom. The van der Waals surface area contributed by atoms with Gasteiger partial charge in [-0.25, -0.2) is 9.97 Å². The molecule has 4 rings (SSSR count). The van der Waals surface area contributed by atoms with Crippen LogP contribution in [0.5, 0.6) is 0 Å². The van der Waals surface area contributed by atoms with Crippen molar-refractivity contribution in [2.24, 2.45) is 0 Å². The molecule has 27 heavy (non-hydrogen) atoms. The molecule has 7 heteroatoms. The van der Waals surface area contributed by atoms with E-state index < -0.39 is 5.97 Å². The molecule has 1 aliphatic heterocycles. The van der Waals surface area contributed by atoms with Crippen molar-refractivity contribution in [1.29, 1.82) is 0 Å². The largest absolute Gasteiger partial charge is 0.481 e. The van der Waals surface area contributed by atoms with Gasteiger partial charge in [0.25, 0.3) is 0 Å². The molecule has 0 amide bonds. The first kappa shape index (κ1) is 17.7. The van der Waals surface area contributed by atoms with Gasteiger partial charge >= 0.3 is 5.97 Å². The second-order valence-corrected chi connectivity index (χ2v) is 6.84. The third kappa shape index (κ3) is 3.88. The Hall–Kier alpha value is -2.67. The molecular formula is C20H23N3O4. The average Bonchev–Trinajstić information content (AvgIpc) is 3.31. The van der Waals surface area contributed by atoms with Gasteiger partial charge in [0.15, 0.2) is 17.2 Å². The summed E-state index contributed by atoms with van der Waals surface area (Å²) in [5, 5.41) is 9.66. The minimum atomic E-state index is -0.772. The van der Waals surface area contributed by atoms with Crippen molar-refractivity contribution >= 4 is 33.9 Å². The van der Waals surface area contributed by atoms with Gasteiger partial charge in [0.2, 0.25) is 0 Å². The first-order valence-corrected chi connectivity index (χ1v) is 9.45. The summed E-state index contributed by atoms with van der Waals surface area (Å²) >= 11 is 0. The summed E-state index contributed by atoms with van der Waals surface area (Å²) in [4.78, 5) is 22.2. The van der Waals surface area contributed by atoms with Crippen LogP contribution in [0, 0.1) is 0 Å². The van der Waals surface area contributed by atoms with Gasteiger partial charge in [-0.3, -0.25) is 4.79 Å². The van der Waals surface area contributed by atoms with Gasteiger partial charge in [0.05, 0.1) is 0 Å². The number of hydrogen-bond donors (Lipinski definition) is 1. The lowest BCUT2D eigenvalue weighted by Gasteiger charge is -2.17. The number of para-hydroxylation sites is 1. The number of rotatable bonds is 8. The van der Waals surface area contributed by atoms with Gasteiger partial charge in [-0.1, -0.05) is 12.1 Å². The van der Waals surface area contributed by atoms with Crippen LogP contribution in [-0.2, 0) is 16.1 Å². The second kappa shape index (κ2) is 7.92. The van der Waals surface area contributed by atoms with Gasteiger partial charge in [-0.15, -0.1) is 0 Å². The van der Waals surface area contributed by atoms with E-state index in [-0.39, 0.29) is 6.42 Å². The summed E-state index contributed by atoms with van der Waals surface area (Å²) in [5.41, 5.74) is 2.38. The lowest BCUT2D eigenvalue weighted by molar-refractivity contribution is -0.137. The fraction of sp³-hybridized carbons (Fsp3) is 0.450. The fourth-order valence-electron chi connectivity index (χ4n) is 3.47. The molecule has 1 fully saturated rings. The first-order valence-electron chi connectivity index (χ1n) is 9.45. The highest BCUT2D eigenvalue weighted by atomic mass is 16.5. The Bertz CT molecular complexity index is 947. The monoisotopic (exact) mass is 369 g/mol. The molecule has 7 nitrogen and oxygen atoms in total. The number of benzene rings is 1. The van der Waals surface area contributed by atoms with E-state index >= 15 is 0 Å². The topological polar surface area (TPSA) is 88.7 Å². The van der Waals surface area contributed by atoms with Crippen molar-refractivity contribution in [3.05, 3.63) is 30.1 Å². The van der Waals surface area contributed by atoms with E-state index in [4.69, 9.17) is 24.2 Å². The summed E-state index contributed by atoms with van der Waals surface area (Å²) in [6.45, 7) is 2.75. The highest BCUT2D eigenvalue weighted by Gasteiger charge is 2.22. The highest BCUT2D eigenvalue weighted by Crippen LogP contribution is 2.34. The van der Waals surface area contributed by atoms with Crippen LogP contribution in [-0.4, -0.2) is 40.7 Å². The smallest absolute Gasteiger partial charge is 0.303 e. The number of unbranched alkanes of at least 4 members (excludes halogenated alkanes) is 1. The predicted molar refractivity (Wildman–Crippen MR) is 102 cm³/mol. The molecule has 2 aromatic heterocycles. The molecule has 0 atom stereocenters. The number of anilines is 1. The highest BCUT2D eigenvalue weighted by molar-refractivity contribution is 6.05. The Morgan fingerprint density at radius 2 is 2.00 bits per heavy atom. The standard InChI is InChI=1S/C20H23N3O4/c24-17(25)9-3-6-12-26-13-16-21-18-14-7-1-2-8-15(14)27-19(18)20(22-16)23-10-4-5-11-23/h1-2,7-8H,3-6,9-13H2,(H,24,25). The van der Waals surface area contributed by atoms with E-state index in [1.165, 1.54) is 0 Å². The van der Waals surface area contributed by atoms with E-state index in [2.05, 4.69) is 4.90 Å². The lowest BCUT2D eigenvalue weighted by Crippen LogP contribution is -2.20.